The second-order valence-electron chi connectivity index (χ2n) is 7.27. The molecule has 0 saturated carbocycles. The normalized spacial score (nSPS) is 14.3. The Kier molecular flexibility index (Phi) is 9.54. The number of rotatable bonds is 11. The fraction of sp³-hybridized carbons (Fsp3) is 0.320. The highest BCUT2D eigenvalue weighted by Crippen LogP contribution is 2.25. The summed E-state index contributed by atoms with van der Waals surface area (Å²) in [5, 5.41) is 3.35. The van der Waals surface area contributed by atoms with Crippen molar-refractivity contribution in [2.75, 3.05) is 45.0 Å². The number of nitrogens with one attached hydrogen (secondary N) is 1. The molecule has 0 unspecified atom stereocenters. The van der Waals surface area contributed by atoms with Crippen molar-refractivity contribution < 1.29 is 23.8 Å². The first kappa shape index (κ1) is 25.3. The number of benzene rings is 2. The lowest BCUT2D eigenvalue weighted by Gasteiger charge is -2.17. The summed E-state index contributed by atoms with van der Waals surface area (Å²) in [5.41, 5.74) is 1.84. The first-order valence-corrected chi connectivity index (χ1v) is 11.9. The highest BCUT2D eigenvalue weighted by atomic mass is 32.2. The van der Waals surface area contributed by atoms with Crippen molar-refractivity contribution in [2.24, 2.45) is 4.99 Å². The number of thioether (sulfide) groups is 1. The molecule has 0 radical (unpaired) electrons. The van der Waals surface area contributed by atoms with Gasteiger partial charge >= 0.3 is 0 Å². The zero-order chi connectivity index (χ0) is 24.3. The molecule has 180 valence electrons. The van der Waals surface area contributed by atoms with Crippen LogP contribution in [-0.4, -0.2) is 61.6 Å². The summed E-state index contributed by atoms with van der Waals surface area (Å²) in [6.45, 7) is 3.57. The van der Waals surface area contributed by atoms with Crippen LogP contribution >= 0.6 is 11.8 Å². The maximum Gasteiger partial charge on any atom is 0.278 e. The zero-order valence-electron chi connectivity index (χ0n) is 19.6. The average Bonchev–Trinajstić information content (AvgIpc) is 3.15. The van der Waals surface area contributed by atoms with Crippen LogP contribution in [0.1, 0.15) is 18.9 Å². The fourth-order valence-corrected chi connectivity index (χ4v) is 3.99. The number of amidine groups is 1. The molecule has 0 saturated heterocycles. The molecule has 1 N–H and O–H groups in total. The van der Waals surface area contributed by atoms with E-state index in [9.17, 15) is 9.59 Å². The van der Waals surface area contributed by atoms with E-state index in [1.807, 2.05) is 31.2 Å². The largest absolute Gasteiger partial charge is 0.497 e. The van der Waals surface area contributed by atoms with Gasteiger partial charge < -0.3 is 19.5 Å². The van der Waals surface area contributed by atoms with Crippen LogP contribution in [0.25, 0.3) is 6.08 Å². The summed E-state index contributed by atoms with van der Waals surface area (Å²) < 4.78 is 15.7. The molecular formula is C25H29N3O5S. The Morgan fingerprint density at radius 1 is 1.06 bits per heavy atom. The lowest BCUT2D eigenvalue weighted by Crippen LogP contribution is -2.33. The topological polar surface area (TPSA) is 89.5 Å². The number of methoxy groups -OCH3 is 2. The quantitative estimate of drug-likeness (QED) is 0.383. The van der Waals surface area contributed by atoms with Gasteiger partial charge in [0.25, 0.3) is 5.91 Å². The minimum Gasteiger partial charge on any atom is -0.497 e. The van der Waals surface area contributed by atoms with Crippen molar-refractivity contribution in [3.63, 3.8) is 0 Å². The highest BCUT2D eigenvalue weighted by Gasteiger charge is 2.30. The molecule has 1 aliphatic heterocycles. The zero-order valence-corrected chi connectivity index (χ0v) is 20.4. The molecule has 9 heteroatoms. The second kappa shape index (κ2) is 12.8. The van der Waals surface area contributed by atoms with E-state index in [0.717, 1.165) is 11.3 Å². The third kappa shape index (κ3) is 7.10. The van der Waals surface area contributed by atoms with Gasteiger partial charge in [-0.1, -0.05) is 23.9 Å². The molecule has 1 aliphatic rings. The summed E-state index contributed by atoms with van der Waals surface area (Å²) >= 11 is 1.23. The van der Waals surface area contributed by atoms with Gasteiger partial charge in [-0.2, -0.15) is 0 Å². The molecule has 34 heavy (non-hydrogen) atoms. The molecule has 8 nitrogen and oxygen atoms in total. The van der Waals surface area contributed by atoms with E-state index in [1.165, 1.54) is 11.8 Å². The number of anilines is 1. The van der Waals surface area contributed by atoms with E-state index < -0.39 is 0 Å². The van der Waals surface area contributed by atoms with Gasteiger partial charge in [0.05, 0.1) is 20.0 Å². The van der Waals surface area contributed by atoms with Crippen molar-refractivity contribution in [3.8, 4) is 11.5 Å². The number of carbonyl (C=O) groups excluding carboxylic acids is 2. The van der Waals surface area contributed by atoms with Crippen LogP contribution in [0.3, 0.4) is 0 Å². The number of ether oxygens (including phenoxy) is 3. The predicted octanol–water partition coefficient (Wildman–Crippen LogP) is 4.04. The van der Waals surface area contributed by atoms with E-state index >= 15 is 0 Å². The lowest BCUT2D eigenvalue weighted by atomic mass is 10.2. The molecule has 3 rings (SSSR count). The predicted molar refractivity (Wildman–Crippen MR) is 135 cm³/mol. The van der Waals surface area contributed by atoms with Crippen molar-refractivity contribution in [1.29, 1.82) is 0 Å². The summed E-state index contributed by atoms with van der Waals surface area (Å²) in [6, 6.07) is 14.5. The van der Waals surface area contributed by atoms with Gasteiger partial charge in [0, 0.05) is 25.4 Å². The van der Waals surface area contributed by atoms with Gasteiger partial charge in [0.1, 0.15) is 17.2 Å². The summed E-state index contributed by atoms with van der Waals surface area (Å²) in [4.78, 5) is 31.7. The Hall–Kier alpha value is -3.30. The van der Waals surface area contributed by atoms with Gasteiger partial charge in [0.2, 0.25) is 5.91 Å². The van der Waals surface area contributed by atoms with Crippen molar-refractivity contribution in [3.05, 3.63) is 59.8 Å². The monoisotopic (exact) mass is 483 g/mol. The molecule has 2 aromatic rings. The molecule has 1 heterocycles. The molecule has 2 amide bonds. The van der Waals surface area contributed by atoms with Crippen LogP contribution in [0.2, 0.25) is 0 Å². The number of amides is 2. The minimum absolute atomic E-state index is 0.121. The fourth-order valence-electron chi connectivity index (χ4n) is 3.17. The Balaban J connectivity index is 1.68. The van der Waals surface area contributed by atoms with E-state index in [1.54, 1.807) is 49.5 Å². The van der Waals surface area contributed by atoms with Crippen LogP contribution in [0, 0.1) is 0 Å². The molecule has 0 fully saturated rings. The van der Waals surface area contributed by atoms with Crippen LogP contribution in [-0.2, 0) is 14.3 Å². The Morgan fingerprint density at radius 3 is 2.32 bits per heavy atom. The maximum absolute atomic E-state index is 13.1. The van der Waals surface area contributed by atoms with Crippen molar-refractivity contribution in [2.45, 2.75) is 13.3 Å². The molecule has 0 atom stereocenters. The standard InChI is InChI=1S/C25H29N3O5S/c1-4-33-15-5-14-28-24(30)22(16-18-6-10-20(31-2)11-7-18)27-25(28)34-17-23(29)26-19-8-12-21(32-3)13-9-19/h6-13,16H,4-5,14-15,17H2,1-3H3,(H,26,29)/b22-16-. The van der Waals surface area contributed by atoms with Gasteiger partial charge in [-0.15, -0.1) is 0 Å². The first-order valence-electron chi connectivity index (χ1n) is 10.9. The first-order chi connectivity index (χ1) is 16.5. The summed E-state index contributed by atoms with van der Waals surface area (Å²) in [5.74, 6) is 1.19. The smallest absolute Gasteiger partial charge is 0.278 e. The number of hydrogen-bond donors (Lipinski definition) is 1. The summed E-state index contributed by atoms with van der Waals surface area (Å²) in [6.07, 6.45) is 2.41. The molecule has 0 aliphatic carbocycles. The third-order valence-electron chi connectivity index (χ3n) is 4.91. The number of aliphatic imine (C=N–C) groups is 1. The van der Waals surface area contributed by atoms with E-state index in [0.29, 0.717) is 48.5 Å². The Labute approximate surface area is 204 Å². The average molecular weight is 484 g/mol. The van der Waals surface area contributed by atoms with Crippen molar-refractivity contribution in [1.82, 2.24) is 4.90 Å². The lowest BCUT2D eigenvalue weighted by molar-refractivity contribution is -0.122. The van der Waals surface area contributed by atoms with Gasteiger partial charge in [-0.3, -0.25) is 14.5 Å². The van der Waals surface area contributed by atoms with Crippen molar-refractivity contribution >= 4 is 40.5 Å². The second-order valence-corrected chi connectivity index (χ2v) is 8.21. The minimum atomic E-state index is -0.189. The maximum atomic E-state index is 13.1. The molecule has 0 bridgehead atoms. The molecule has 0 aromatic heterocycles. The van der Waals surface area contributed by atoms with E-state index in [-0.39, 0.29) is 17.6 Å². The van der Waals surface area contributed by atoms with Gasteiger partial charge in [0.15, 0.2) is 5.17 Å². The number of nitrogens with zero attached hydrogens (tertiary/aromatic N) is 2. The molecule has 2 aromatic carbocycles. The van der Waals surface area contributed by atoms with E-state index in [4.69, 9.17) is 14.2 Å². The molecular weight excluding hydrogens is 454 g/mol. The van der Waals surface area contributed by atoms with Crippen LogP contribution in [0.5, 0.6) is 11.5 Å². The third-order valence-corrected chi connectivity index (χ3v) is 5.89. The Morgan fingerprint density at radius 2 is 1.71 bits per heavy atom. The van der Waals surface area contributed by atoms with Crippen LogP contribution in [0.4, 0.5) is 5.69 Å². The van der Waals surface area contributed by atoms with E-state index in [2.05, 4.69) is 10.3 Å². The summed E-state index contributed by atoms with van der Waals surface area (Å²) in [7, 11) is 3.19. The Bertz CT molecular complexity index is 1040. The van der Waals surface area contributed by atoms with Gasteiger partial charge in [-0.05, 0) is 61.4 Å². The van der Waals surface area contributed by atoms with Crippen LogP contribution in [0.15, 0.2) is 59.2 Å². The SMILES string of the molecule is CCOCCCN1C(=O)/C(=C/c2ccc(OC)cc2)N=C1SCC(=O)Nc1ccc(OC)cc1. The number of hydrogen-bond acceptors (Lipinski definition) is 7. The highest BCUT2D eigenvalue weighted by molar-refractivity contribution is 8.14. The van der Waals surface area contributed by atoms with Crippen LogP contribution < -0.4 is 14.8 Å². The number of carbonyl (C=O) groups is 2. The molecule has 0 spiro atoms. The van der Waals surface area contributed by atoms with Gasteiger partial charge in [-0.25, -0.2) is 4.99 Å².